The van der Waals surface area contributed by atoms with Crippen molar-refractivity contribution in [3.63, 3.8) is 0 Å². The first-order valence-corrected chi connectivity index (χ1v) is 4.98. The van der Waals surface area contributed by atoms with Crippen LogP contribution in [0.4, 0.5) is 14.5 Å². The topological polar surface area (TPSA) is 48.1 Å². The van der Waals surface area contributed by atoms with Gasteiger partial charge in [0, 0.05) is 12.1 Å². The number of nitrogens with zero attached hydrogens (tertiary/aromatic N) is 1. The molecule has 0 saturated heterocycles. The summed E-state index contributed by atoms with van der Waals surface area (Å²) >= 11 is 5.77. The first kappa shape index (κ1) is 11.6. The Labute approximate surface area is 101 Å². The van der Waals surface area contributed by atoms with Crippen LogP contribution < -0.4 is 10.5 Å². The summed E-state index contributed by atoms with van der Waals surface area (Å²) in [5.74, 6) is -1.72. The van der Waals surface area contributed by atoms with Crippen LogP contribution in [0.1, 0.15) is 0 Å². The van der Waals surface area contributed by atoms with Gasteiger partial charge in [0.05, 0.1) is 16.9 Å². The van der Waals surface area contributed by atoms with Gasteiger partial charge in [-0.25, -0.2) is 13.8 Å². The fourth-order valence-electron chi connectivity index (χ4n) is 1.16. The van der Waals surface area contributed by atoms with Crippen LogP contribution in [0.2, 0.25) is 5.02 Å². The predicted molar refractivity (Wildman–Crippen MR) is 60.1 cm³/mol. The maximum atomic E-state index is 13.2. The molecular weight excluding hydrogens is 250 g/mol. The number of halogens is 3. The highest BCUT2D eigenvalue weighted by Gasteiger charge is 2.08. The molecule has 2 N–H and O–H groups in total. The van der Waals surface area contributed by atoms with Crippen molar-refractivity contribution >= 4 is 17.3 Å². The van der Waals surface area contributed by atoms with Crippen LogP contribution in [0.3, 0.4) is 0 Å². The molecule has 1 aromatic heterocycles. The molecule has 0 saturated carbocycles. The van der Waals surface area contributed by atoms with Gasteiger partial charge in [-0.3, -0.25) is 0 Å². The minimum absolute atomic E-state index is 0.266. The van der Waals surface area contributed by atoms with E-state index in [2.05, 4.69) is 4.98 Å². The second-order valence-electron chi connectivity index (χ2n) is 3.23. The normalized spacial score (nSPS) is 10.3. The van der Waals surface area contributed by atoms with E-state index in [4.69, 9.17) is 22.1 Å². The summed E-state index contributed by atoms with van der Waals surface area (Å²) < 4.78 is 30.9. The lowest BCUT2D eigenvalue weighted by atomic mass is 10.3. The van der Waals surface area contributed by atoms with E-state index in [-0.39, 0.29) is 16.7 Å². The number of nitrogens with two attached hydrogens (primary N) is 1. The summed E-state index contributed by atoms with van der Waals surface area (Å²) in [6.07, 6.45) is 0.858. The number of hydrogen-bond donors (Lipinski definition) is 1. The summed E-state index contributed by atoms with van der Waals surface area (Å²) in [6, 6.07) is 5.12. The van der Waals surface area contributed by atoms with E-state index >= 15 is 0 Å². The smallest absolute Gasteiger partial charge is 0.256 e. The average molecular weight is 257 g/mol. The van der Waals surface area contributed by atoms with Gasteiger partial charge in [-0.2, -0.15) is 0 Å². The maximum absolute atomic E-state index is 13.2. The Hall–Kier alpha value is -1.88. The number of pyridine rings is 1. The Balaban J connectivity index is 2.28. The average Bonchev–Trinajstić information content (AvgIpc) is 2.27. The van der Waals surface area contributed by atoms with Gasteiger partial charge < -0.3 is 10.5 Å². The van der Waals surface area contributed by atoms with E-state index in [0.29, 0.717) is 11.8 Å². The Morgan fingerprint density at radius 1 is 1.24 bits per heavy atom. The molecule has 0 bridgehead atoms. The van der Waals surface area contributed by atoms with Crippen LogP contribution >= 0.6 is 11.6 Å². The molecule has 0 amide bonds. The van der Waals surface area contributed by atoms with Gasteiger partial charge in [0.15, 0.2) is 5.82 Å². The lowest BCUT2D eigenvalue weighted by Gasteiger charge is -2.06. The van der Waals surface area contributed by atoms with Crippen molar-refractivity contribution < 1.29 is 13.5 Å². The molecule has 0 aliphatic carbocycles. The van der Waals surface area contributed by atoms with Crippen molar-refractivity contribution in [1.82, 2.24) is 4.98 Å². The van der Waals surface area contributed by atoms with Crippen LogP contribution in [0.25, 0.3) is 0 Å². The molecule has 1 heterocycles. The minimum atomic E-state index is -0.891. The van der Waals surface area contributed by atoms with E-state index < -0.39 is 11.6 Å². The molecule has 0 aliphatic rings. The van der Waals surface area contributed by atoms with Gasteiger partial charge in [0.2, 0.25) is 0 Å². The van der Waals surface area contributed by atoms with E-state index in [0.717, 1.165) is 6.20 Å². The zero-order valence-electron chi connectivity index (χ0n) is 8.45. The molecule has 0 fully saturated rings. The molecule has 17 heavy (non-hydrogen) atoms. The monoisotopic (exact) mass is 256 g/mol. The Bertz CT molecular complexity index is 563. The largest absolute Gasteiger partial charge is 0.436 e. The second kappa shape index (κ2) is 4.55. The molecule has 0 radical (unpaired) electrons. The summed E-state index contributed by atoms with van der Waals surface area (Å²) in [7, 11) is 0. The fraction of sp³-hybridized carbons (Fsp3) is 0. The lowest BCUT2D eigenvalue weighted by Crippen LogP contribution is -1.94. The SMILES string of the molecule is Nc1ccc(Oc2ncc(F)cc2F)cc1Cl. The Morgan fingerprint density at radius 3 is 2.65 bits per heavy atom. The molecule has 6 heteroatoms. The van der Waals surface area contributed by atoms with Gasteiger partial charge in [-0.15, -0.1) is 0 Å². The van der Waals surface area contributed by atoms with Gasteiger partial charge >= 0.3 is 0 Å². The number of rotatable bonds is 2. The Kier molecular flexibility index (Phi) is 3.10. The fourth-order valence-corrected chi connectivity index (χ4v) is 1.33. The van der Waals surface area contributed by atoms with E-state index in [1.54, 1.807) is 0 Å². The number of nitrogen functional groups attached to an aromatic ring is 1. The molecule has 3 nitrogen and oxygen atoms in total. The minimum Gasteiger partial charge on any atom is -0.436 e. The molecule has 0 aliphatic heterocycles. The van der Waals surface area contributed by atoms with Crippen molar-refractivity contribution in [1.29, 1.82) is 0 Å². The highest BCUT2D eigenvalue weighted by Crippen LogP contribution is 2.28. The predicted octanol–water partition coefficient (Wildman–Crippen LogP) is 3.39. The molecule has 0 unspecified atom stereocenters. The van der Waals surface area contributed by atoms with Gasteiger partial charge in [0.1, 0.15) is 11.6 Å². The summed E-state index contributed by atoms with van der Waals surface area (Å²) in [5.41, 5.74) is 5.89. The third kappa shape index (κ3) is 2.62. The first-order chi connectivity index (χ1) is 8.06. The van der Waals surface area contributed by atoms with E-state index in [1.165, 1.54) is 18.2 Å². The van der Waals surface area contributed by atoms with E-state index in [9.17, 15) is 8.78 Å². The van der Waals surface area contributed by atoms with Crippen molar-refractivity contribution in [2.45, 2.75) is 0 Å². The van der Waals surface area contributed by atoms with Crippen molar-refractivity contribution in [3.05, 3.63) is 47.1 Å². The number of benzene rings is 1. The van der Waals surface area contributed by atoms with Crippen molar-refractivity contribution in [3.8, 4) is 11.6 Å². The molecule has 1 aromatic carbocycles. The van der Waals surface area contributed by atoms with Crippen LogP contribution in [0.15, 0.2) is 30.5 Å². The Morgan fingerprint density at radius 2 is 2.00 bits per heavy atom. The molecule has 0 spiro atoms. The second-order valence-corrected chi connectivity index (χ2v) is 3.63. The highest BCUT2D eigenvalue weighted by molar-refractivity contribution is 6.33. The van der Waals surface area contributed by atoms with Crippen LogP contribution in [0, 0.1) is 11.6 Å². The summed E-state index contributed by atoms with van der Waals surface area (Å²) in [4.78, 5) is 3.48. The first-order valence-electron chi connectivity index (χ1n) is 4.60. The third-order valence-corrected chi connectivity index (χ3v) is 2.29. The molecule has 88 valence electrons. The number of anilines is 1. The zero-order chi connectivity index (χ0) is 12.4. The molecular formula is C11H7ClF2N2O. The standard InChI is InChI=1S/C11H7ClF2N2O/c12-8-4-7(1-2-10(8)15)17-11-9(14)3-6(13)5-16-11/h1-5H,15H2. The third-order valence-electron chi connectivity index (χ3n) is 1.96. The molecule has 0 atom stereocenters. The summed E-state index contributed by atoms with van der Waals surface area (Å²) in [5, 5.41) is 0.282. The number of aromatic nitrogens is 1. The molecule has 2 rings (SSSR count). The van der Waals surface area contributed by atoms with Gasteiger partial charge in [-0.05, 0) is 12.1 Å². The summed E-state index contributed by atoms with van der Waals surface area (Å²) in [6.45, 7) is 0. The van der Waals surface area contributed by atoms with Crippen molar-refractivity contribution in [2.75, 3.05) is 5.73 Å². The van der Waals surface area contributed by atoms with Crippen molar-refractivity contribution in [2.24, 2.45) is 0 Å². The van der Waals surface area contributed by atoms with Crippen LogP contribution in [-0.4, -0.2) is 4.98 Å². The van der Waals surface area contributed by atoms with Crippen LogP contribution in [0.5, 0.6) is 11.6 Å². The maximum Gasteiger partial charge on any atom is 0.256 e. The van der Waals surface area contributed by atoms with Gasteiger partial charge in [0.25, 0.3) is 5.88 Å². The number of ether oxygens (including phenoxy) is 1. The molecule has 2 aromatic rings. The lowest BCUT2D eigenvalue weighted by molar-refractivity contribution is 0.417. The number of hydrogen-bond acceptors (Lipinski definition) is 3. The zero-order valence-corrected chi connectivity index (χ0v) is 9.21. The highest BCUT2D eigenvalue weighted by atomic mass is 35.5. The van der Waals surface area contributed by atoms with E-state index in [1.807, 2.05) is 0 Å². The van der Waals surface area contributed by atoms with Gasteiger partial charge in [-0.1, -0.05) is 11.6 Å². The van der Waals surface area contributed by atoms with Crippen LogP contribution in [-0.2, 0) is 0 Å². The quantitative estimate of drug-likeness (QED) is 0.838.